The summed E-state index contributed by atoms with van der Waals surface area (Å²) in [6, 6.07) is 3.95. The summed E-state index contributed by atoms with van der Waals surface area (Å²) in [6.07, 6.45) is 0.784. The predicted molar refractivity (Wildman–Crippen MR) is 78.3 cm³/mol. The van der Waals surface area contributed by atoms with E-state index in [1.54, 1.807) is 18.3 Å². The van der Waals surface area contributed by atoms with Gasteiger partial charge in [0.1, 0.15) is 12.2 Å². The van der Waals surface area contributed by atoms with E-state index < -0.39 is 11.5 Å². The number of thiophene rings is 1. The highest BCUT2D eigenvalue weighted by atomic mass is 32.1. The fourth-order valence-electron chi connectivity index (χ4n) is 2.86. The number of hydrogen-bond acceptors (Lipinski definition) is 5. The van der Waals surface area contributed by atoms with Crippen LogP contribution in [0.2, 0.25) is 0 Å². The predicted octanol–water partition coefficient (Wildman–Crippen LogP) is 2.56. The summed E-state index contributed by atoms with van der Waals surface area (Å²) < 4.78 is 5.19. The zero-order valence-corrected chi connectivity index (χ0v) is 13.0. The van der Waals surface area contributed by atoms with E-state index in [1.165, 1.54) is 0 Å². The Labute approximate surface area is 123 Å². The molecule has 0 radical (unpaired) electrons. The Hall–Kier alpha value is -1.62. The van der Waals surface area contributed by atoms with E-state index >= 15 is 0 Å². The Kier molecular flexibility index (Phi) is 3.99. The molecule has 0 fully saturated rings. The molecule has 1 aromatic rings. The topological polar surface area (TPSA) is 46.6 Å². The van der Waals surface area contributed by atoms with Crippen molar-refractivity contribution < 1.29 is 14.3 Å². The van der Waals surface area contributed by atoms with Crippen LogP contribution in [-0.2, 0) is 19.9 Å². The highest BCUT2D eigenvalue weighted by Crippen LogP contribution is 2.48. The summed E-state index contributed by atoms with van der Waals surface area (Å²) in [7, 11) is 1.91. The van der Waals surface area contributed by atoms with Crippen LogP contribution in [0.25, 0.3) is 0 Å². The second kappa shape index (κ2) is 5.40. The summed E-state index contributed by atoms with van der Waals surface area (Å²) in [5.41, 5.74) is 0.775. The minimum absolute atomic E-state index is 0.310. The molecule has 2 rings (SSSR count). The van der Waals surface area contributed by atoms with Crippen molar-refractivity contribution in [3.63, 3.8) is 0 Å². The smallest absolute Gasteiger partial charge is 0.316 e. The van der Waals surface area contributed by atoms with Crippen LogP contribution in [0, 0.1) is 5.92 Å². The lowest BCUT2D eigenvalue weighted by atomic mass is 9.82. The SMILES string of the molecule is CCOC(=O)[C@@H]1C(C=O)=C(C)N(C)[C@]1(C)c1cccs1. The van der Waals surface area contributed by atoms with Crippen LogP contribution >= 0.6 is 11.3 Å². The number of ether oxygens (including phenoxy) is 1. The Morgan fingerprint density at radius 1 is 1.60 bits per heavy atom. The lowest BCUT2D eigenvalue weighted by Crippen LogP contribution is -2.44. The van der Waals surface area contributed by atoms with Crippen molar-refractivity contribution in [2.75, 3.05) is 13.7 Å². The van der Waals surface area contributed by atoms with Gasteiger partial charge in [-0.2, -0.15) is 0 Å². The molecule has 20 heavy (non-hydrogen) atoms. The molecule has 0 aromatic carbocycles. The first kappa shape index (κ1) is 14.8. The number of carbonyl (C=O) groups is 2. The maximum Gasteiger partial charge on any atom is 0.316 e. The van der Waals surface area contributed by atoms with E-state index in [4.69, 9.17) is 4.74 Å². The van der Waals surface area contributed by atoms with Gasteiger partial charge in [-0.3, -0.25) is 9.59 Å². The first-order valence-corrected chi connectivity index (χ1v) is 7.46. The van der Waals surface area contributed by atoms with Crippen LogP contribution in [-0.4, -0.2) is 30.8 Å². The number of hydrogen-bond donors (Lipinski definition) is 0. The van der Waals surface area contributed by atoms with Crippen molar-refractivity contribution in [3.05, 3.63) is 33.7 Å². The summed E-state index contributed by atoms with van der Waals surface area (Å²) in [5, 5.41) is 1.98. The van der Waals surface area contributed by atoms with Gasteiger partial charge in [-0.05, 0) is 32.2 Å². The van der Waals surface area contributed by atoms with Crippen LogP contribution in [0.3, 0.4) is 0 Å². The van der Waals surface area contributed by atoms with Crippen LogP contribution in [0.4, 0.5) is 0 Å². The molecule has 5 heteroatoms. The minimum Gasteiger partial charge on any atom is -0.465 e. The molecule has 0 N–H and O–H groups in total. The molecule has 0 spiro atoms. The fraction of sp³-hybridized carbons (Fsp3) is 0.467. The zero-order valence-electron chi connectivity index (χ0n) is 12.2. The average molecular weight is 293 g/mol. The van der Waals surface area contributed by atoms with E-state index in [0.717, 1.165) is 16.9 Å². The normalized spacial score (nSPS) is 26.0. The zero-order chi connectivity index (χ0) is 14.9. The van der Waals surface area contributed by atoms with Crippen molar-refractivity contribution in [1.82, 2.24) is 4.90 Å². The second-order valence-corrected chi connectivity index (χ2v) is 5.98. The number of rotatable bonds is 4. The first-order valence-electron chi connectivity index (χ1n) is 6.58. The Balaban J connectivity index is 2.55. The molecule has 2 atom stereocenters. The maximum atomic E-state index is 12.4. The second-order valence-electron chi connectivity index (χ2n) is 5.03. The van der Waals surface area contributed by atoms with Gasteiger partial charge in [0.2, 0.25) is 0 Å². The van der Waals surface area contributed by atoms with Crippen molar-refractivity contribution in [2.24, 2.45) is 5.92 Å². The molecule has 0 saturated carbocycles. The van der Waals surface area contributed by atoms with Gasteiger partial charge < -0.3 is 9.64 Å². The quantitative estimate of drug-likeness (QED) is 0.632. The molecule has 1 aliphatic rings. The van der Waals surface area contributed by atoms with Crippen LogP contribution in [0.1, 0.15) is 25.6 Å². The maximum absolute atomic E-state index is 12.4. The standard InChI is InChI=1S/C15H19NO3S/c1-5-19-14(18)13-11(9-17)10(2)16(4)15(13,3)12-7-6-8-20-12/h6-9,13H,5H2,1-4H3/t13-,15+/m0/s1. The van der Waals surface area contributed by atoms with Gasteiger partial charge in [0, 0.05) is 23.2 Å². The monoisotopic (exact) mass is 293 g/mol. The van der Waals surface area contributed by atoms with E-state index in [1.807, 2.05) is 43.3 Å². The van der Waals surface area contributed by atoms with Gasteiger partial charge >= 0.3 is 5.97 Å². The number of nitrogens with zero attached hydrogens (tertiary/aromatic N) is 1. The van der Waals surface area contributed by atoms with Crippen molar-refractivity contribution in [3.8, 4) is 0 Å². The molecule has 0 saturated heterocycles. The molecule has 0 aliphatic carbocycles. The summed E-state index contributed by atoms with van der Waals surface area (Å²) in [5.74, 6) is -0.919. The van der Waals surface area contributed by atoms with Gasteiger partial charge in [0.15, 0.2) is 0 Å². The summed E-state index contributed by atoms with van der Waals surface area (Å²) in [6.45, 7) is 5.94. The molecule has 4 nitrogen and oxygen atoms in total. The van der Waals surface area contributed by atoms with Crippen LogP contribution in [0.15, 0.2) is 28.8 Å². The minimum atomic E-state index is -0.580. The lowest BCUT2D eigenvalue weighted by molar-refractivity contribution is -0.150. The van der Waals surface area contributed by atoms with Gasteiger partial charge in [0.25, 0.3) is 0 Å². The molecular formula is C15H19NO3S. The number of allylic oxidation sites excluding steroid dienone is 1. The first-order chi connectivity index (χ1) is 9.48. The Bertz CT molecular complexity index is 549. The highest BCUT2D eigenvalue weighted by Gasteiger charge is 2.53. The van der Waals surface area contributed by atoms with Gasteiger partial charge in [0.05, 0.1) is 12.1 Å². The molecular weight excluding hydrogens is 274 g/mol. The number of esters is 1. The third kappa shape index (κ3) is 1.97. The molecule has 108 valence electrons. The van der Waals surface area contributed by atoms with E-state index in [0.29, 0.717) is 12.2 Å². The van der Waals surface area contributed by atoms with E-state index in [9.17, 15) is 9.59 Å². The third-order valence-corrected chi connectivity index (χ3v) is 5.26. The molecule has 0 amide bonds. The Morgan fingerprint density at radius 2 is 2.30 bits per heavy atom. The third-order valence-electron chi connectivity index (χ3n) is 4.16. The molecule has 1 aromatic heterocycles. The van der Waals surface area contributed by atoms with Crippen molar-refractivity contribution >= 4 is 23.6 Å². The van der Waals surface area contributed by atoms with Gasteiger partial charge in [-0.15, -0.1) is 11.3 Å². The summed E-state index contributed by atoms with van der Waals surface area (Å²) in [4.78, 5) is 26.9. The summed E-state index contributed by atoms with van der Waals surface area (Å²) >= 11 is 1.58. The molecule has 2 heterocycles. The fourth-order valence-corrected chi connectivity index (χ4v) is 3.81. The van der Waals surface area contributed by atoms with Gasteiger partial charge in [-0.25, -0.2) is 0 Å². The average Bonchev–Trinajstić information content (AvgIpc) is 3.01. The lowest BCUT2D eigenvalue weighted by Gasteiger charge is -2.38. The highest BCUT2D eigenvalue weighted by molar-refractivity contribution is 7.10. The van der Waals surface area contributed by atoms with Crippen molar-refractivity contribution in [1.29, 1.82) is 0 Å². The molecule has 1 aliphatic heterocycles. The molecule has 0 bridgehead atoms. The molecule has 0 unspecified atom stereocenters. The Morgan fingerprint density at radius 3 is 2.80 bits per heavy atom. The number of aldehydes is 1. The largest absolute Gasteiger partial charge is 0.465 e. The van der Waals surface area contributed by atoms with Crippen molar-refractivity contribution in [2.45, 2.75) is 26.3 Å². The van der Waals surface area contributed by atoms with Crippen LogP contribution in [0.5, 0.6) is 0 Å². The van der Waals surface area contributed by atoms with E-state index in [-0.39, 0.29) is 5.97 Å². The number of carbonyl (C=O) groups excluding carboxylic acids is 2. The van der Waals surface area contributed by atoms with E-state index in [2.05, 4.69) is 0 Å². The van der Waals surface area contributed by atoms with Crippen LogP contribution < -0.4 is 0 Å². The van der Waals surface area contributed by atoms with Gasteiger partial charge in [-0.1, -0.05) is 6.07 Å².